The van der Waals surface area contributed by atoms with E-state index in [0.29, 0.717) is 17.4 Å². The topological polar surface area (TPSA) is 48.1 Å². The summed E-state index contributed by atoms with van der Waals surface area (Å²) in [5.41, 5.74) is 5.51. The molecule has 0 saturated carbocycles. The number of nitrogen functional groups attached to an aromatic ring is 1. The molecular formula is C11H9IrN2O-. The van der Waals surface area contributed by atoms with Crippen molar-refractivity contribution >= 4 is 5.82 Å². The van der Waals surface area contributed by atoms with E-state index in [1.807, 2.05) is 18.2 Å². The van der Waals surface area contributed by atoms with E-state index in [4.69, 9.17) is 10.5 Å². The molecule has 1 aromatic carbocycles. The molecule has 0 aliphatic carbocycles. The average Bonchev–Trinajstić information content (AvgIpc) is 2.19. The molecule has 0 aliphatic rings. The molecule has 1 heterocycles. The maximum Gasteiger partial charge on any atom is 0.218 e. The second kappa shape index (κ2) is 5.49. The molecule has 79 valence electrons. The van der Waals surface area contributed by atoms with E-state index in [-0.39, 0.29) is 20.1 Å². The van der Waals surface area contributed by atoms with Gasteiger partial charge in [-0.25, -0.2) is 0 Å². The Kier molecular flexibility index (Phi) is 4.28. The van der Waals surface area contributed by atoms with Gasteiger partial charge in [-0.15, -0.1) is 12.1 Å². The molecule has 2 rings (SSSR count). The molecule has 1 radical (unpaired) electrons. The van der Waals surface area contributed by atoms with Crippen molar-refractivity contribution in [1.82, 2.24) is 4.98 Å². The van der Waals surface area contributed by atoms with Crippen molar-refractivity contribution < 1.29 is 24.8 Å². The smallest absolute Gasteiger partial charge is 0.218 e. The minimum atomic E-state index is 0. The van der Waals surface area contributed by atoms with Crippen molar-refractivity contribution in [3.63, 3.8) is 0 Å². The van der Waals surface area contributed by atoms with Crippen molar-refractivity contribution in [3.8, 4) is 11.6 Å². The Hall–Kier alpha value is -1.38. The Bertz CT molecular complexity index is 420. The zero-order chi connectivity index (χ0) is 9.80. The predicted octanol–water partition coefficient (Wildman–Crippen LogP) is 2.25. The number of hydrogen-bond donors (Lipinski definition) is 1. The van der Waals surface area contributed by atoms with Crippen LogP contribution in [0.4, 0.5) is 5.82 Å². The Morgan fingerprint density at radius 3 is 2.67 bits per heavy atom. The minimum Gasteiger partial charge on any atom is -0.466 e. The number of rotatable bonds is 2. The van der Waals surface area contributed by atoms with Crippen molar-refractivity contribution in [3.05, 3.63) is 48.5 Å². The molecule has 0 fully saturated rings. The van der Waals surface area contributed by atoms with Gasteiger partial charge >= 0.3 is 0 Å². The molecule has 2 N–H and O–H groups in total. The van der Waals surface area contributed by atoms with E-state index in [9.17, 15) is 0 Å². The van der Waals surface area contributed by atoms with E-state index in [1.54, 1.807) is 24.3 Å². The van der Waals surface area contributed by atoms with E-state index in [0.717, 1.165) is 0 Å². The summed E-state index contributed by atoms with van der Waals surface area (Å²) in [6, 6.07) is 15.5. The van der Waals surface area contributed by atoms with E-state index >= 15 is 0 Å². The number of pyridine rings is 1. The summed E-state index contributed by atoms with van der Waals surface area (Å²) in [6.07, 6.45) is 0. The second-order valence-electron chi connectivity index (χ2n) is 2.73. The summed E-state index contributed by atoms with van der Waals surface area (Å²) in [7, 11) is 0. The van der Waals surface area contributed by atoms with Gasteiger partial charge in [-0.1, -0.05) is 6.07 Å². The summed E-state index contributed by atoms with van der Waals surface area (Å²) in [5, 5.41) is 0. The van der Waals surface area contributed by atoms with Crippen LogP contribution in [0, 0.1) is 6.07 Å². The van der Waals surface area contributed by atoms with Crippen LogP contribution >= 0.6 is 0 Å². The molecule has 0 spiro atoms. The van der Waals surface area contributed by atoms with Gasteiger partial charge in [0.05, 0.1) is 0 Å². The van der Waals surface area contributed by atoms with Crippen LogP contribution in [-0.4, -0.2) is 4.98 Å². The fraction of sp³-hybridized carbons (Fsp3) is 0. The summed E-state index contributed by atoms with van der Waals surface area (Å²) in [5.74, 6) is 1.55. The predicted molar refractivity (Wildman–Crippen MR) is 54.0 cm³/mol. The minimum absolute atomic E-state index is 0. The van der Waals surface area contributed by atoms with Crippen LogP contribution < -0.4 is 10.5 Å². The zero-order valence-electron chi connectivity index (χ0n) is 7.81. The summed E-state index contributed by atoms with van der Waals surface area (Å²) in [4.78, 5) is 4.00. The SMILES string of the molecule is Nc1cccc(Oc2[c-]cccc2)n1.[Ir]. The standard InChI is InChI=1S/C11H9N2O.Ir/c12-10-7-4-8-11(13-10)14-9-5-2-1-3-6-9;/h1-5,7-8H,(H2,12,13);/q-1;. The van der Waals surface area contributed by atoms with E-state index < -0.39 is 0 Å². The van der Waals surface area contributed by atoms with E-state index in [1.165, 1.54) is 0 Å². The molecule has 4 heteroatoms. The number of hydrogen-bond acceptors (Lipinski definition) is 3. The molecular weight excluding hydrogens is 368 g/mol. The number of anilines is 1. The van der Waals surface area contributed by atoms with Crippen LogP contribution in [-0.2, 0) is 20.1 Å². The number of para-hydroxylation sites is 1. The quantitative estimate of drug-likeness (QED) is 0.817. The molecule has 1 aromatic heterocycles. The zero-order valence-corrected chi connectivity index (χ0v) is 10.2. The Morgan fingerprint density at radius 1 is 1.13 bits per heavy atom. The normalized spacial score (nSPS) is 9.07. The van der Waals surface area contributed by atoms with Crippen LogP contribution in [0.5, 0.6) is 11.6 Å². The Labute approximate surface area is 102 Å². The third-order valence-electron chi connectivity index (χ3n) is 1.64. The number of ether oxygens (including phenoxy) is 1. The van der Waals surface area contributed by atoms with Gasteiger partial charge in [0.25, 0.3) is 0 Å². The van der Waals surface area contributed by atoms with Crippen molar-refractivity contribution in [2.24, 2.45) is 0 Å². The number of nitrogens with two attached hydrogens (primary N) is 1. The van der Waals surface area contributed by atoms with Gasteiger partial charge in [0.1, 0.15) is 5.82 Å². The van der Waals surface area contributed by atoms with Crippen LogP contribution in [0.25, 0.3) is 0 Å². The largest absolute Gasteiger partial charge is 0.466 e. The maximum atomic E-state index is 5.51. The average molecular weight is 377 g/mol. The van der Waals surface area contributed by atoms with Gasteiger partial charge in [-0.05, 0) is 6.07 Å². The van der Waals surface area contributed by atoms with Crippen LogP contribution in [0.2, 0.25) is 0 Å². The third-order valence-corrected chi connectivity index (χ3v) is 1.64. The van der Waals surface area contributed by atoms with Gasteiger partial charge in [-0.2, -0.15) is 23.2 Å². The number of aromatic nitrogens is 1. The van der Waals surface area contributed by atoms with Gasteiger partial charge in [-0.3, -0.25) is 0 Å². The molecule has 15 heavy (non-hydrogen) atoms. The van der Waals surface area contributed by atoms with E-state index in [2.05, 4.69) is 11.1 Å². The first kappa shape index (κ1) is 11.7. The third kappa shape index (κ3) is 3.35. The van der Waals surface area contributed by atoms with Crippen molar-refractivity contribution in [2.45, 2.75) is 0 Å². The number of benzene rings is 1. The first-order valence-electron chi connectivity index (χ1n) is 4.22. The Balaban J connectivity index is 0.00000112. The van der Waals surface area contributed by atoms with Crippen LogP contribution in [0.1, 0.15) is 0 Å². The summed E-state index contributed by atoms with van der Waals surface area (Å²) >= 11 is 0. The monoisotopic (exact) mass is 378 g/mol. The van der Waals surface area contributed by atoms with Gasteiger partial charge in [0.15, 0.2) is 0 Å². The maximum absolute atomic E-state index is 5.51. The van der Waals surface area contributed by atoms with Crippen LogP contribution in [0.15, 0.2) is 42.5 Å². The summed E-state index contributed by atoms with van der Waals surface area (Å²) in [6.45, 7) is 0. The molecule has 3 nitrogen and oxygen atoms in total. The molecule has 0 atom stereocenters. The van der Waals surface area contributed by atoms with Crippen molar-refractivity contribution in [2.75, 3.05) is 5.73 Å². The first-order valence-corrected chi connectivity index (χ1v) is 4.22. The second-order valence-corrected chi connectivity index (χ2v) is 2.73. The van der Waals surface area contributed by atoms with Crippen molar-refractivity contribution in [1.29, 1.82) is 0 Å². The fourth-order valence-corrected chi connectivity index (χ4v) is 1.04. The van der Waals surface area contributed by atoms with Crippen LogP contribution in [0.3, 0.4) is 0 Å². The van der Waals surface area contributed by atoms with Gasteiger partial charge < -0.3 is 10.5 Å². The first-order chi connectivity index (χ1) is 6.84. The van der Waals surface area contributed by atoms with Gasteiger partial charge in [0, 0.05) is 31.9 Å². The molecule has 0 unspecified atom stereocenters. The Morgan fingerprint density at radius 2 is 2.00 bits per heavy atom. The summed E-state index contributed by atoms with van der Waals surface area (Å²) < 4.78 is 5.41. The molecule has 2 aromatic rings. The molecule has 0 amide bonds. The van der Waals surface area contributed by atoms with Gasteiger partial charge in [0.2, 0.25) is 5.88 Å². The fourth-order valence-electron chi connectivity index (χ4n) is 1.04. The molecule has 0 bridgehead atoms. The number of nitrogens with zero attached hydrogens (tertiary/aromatic N) is 1. The molecule has 0 aliphatic heterocycles. The molecule has 0 saturated heterocycles.